The largest absolute Gasteiger partial charge is 0.265 e. The number of hydrogen-bond acceptors (Lipinski definition) is 4. The van der Waals surface area contributed by atoms with Gasteiger partial charge < -0.3 is 0 Å². The monoisotopic (exact) mass is 690 g/mol. The predicted octanol–water partition coefficient (Wildman–Crippen LogP) is 11.4. The first kappa shape index (κ1) is 32.4. The second-order valence-electron chi connectivity index (χ2n) is 15.5. The standard InChI is InChI=1S/C47H42N4Si/c1-52(2,3)39-19-15-32(16-20-39)36-17-21-40-41-22-18-37(31-43(41)47(42(40)30-36)25-8-5-9-26-47)35-13-10-14-38(29-35)46-50-44(33-11-6-4-7-12-33)49-45(51-46)34-23-27-48-28-24-34/h4,6-7,10-24,27-31H,5,8-9,25-26H2,1-3H3. The minimum Gasteiger partial charge on any atom is -0.265 e. The number of nitrogens with zero attached hydrogens (tertiary/aromatic N) is 4. The van der Waals surface area contributed by atoms with Crippen molar-refractivity contribution in [2.75, 3.05) is 0 Å². The van der Waals surface area contributed by atoms with Crippen LogP contribution in [0, 0.1) is 0 Å². The second-order valence-corrected chi connectivity index (χ2v) is 20.6. The topological polar surface area (TPSA) is 51.6 Å². The summed E-state index contributed by atoms with van der Waals surface area (Å²) < 4.78 is 0. The van der Waals surface area contributed by atoms with Crippen molar-refractivity contribution in [3.05, 3.63) is 151 Å². The van der Waals surface area contributed by atoms with Crippen molar-refractivity contribution >= 4 is 13.3 Å². The molecule has 1 fully saturated rings. The first-order chi connectivity index (χ1) is 25.4. The molecule has 0 unspecified atom stereocenters. The van der Waals surface area contributed by atoms with E-state index in [1.165, 1.54) is 76.2 Å². The Morgan fingerprint density at radius 2 is 0.942 bits per heavy atom. The minimum atomic E-state index is -1.35. The number of hydrogen-bond donors (Lipinski definition) is 0. The molecular weight excluding hydrogens is 649 g/mol. The van der Waals surface area contributed by atoms with Crippen molar-refractivity contribution in [3.63, 3.8) is 0 Å². The Kier molecular flexibility index (Phi) is 8.04. The van der Waals surface area contributed by atoms with E-state index in [2.05, 4.69) is 110 Å². The van der Waals surface area contributed by atoms with Gasteiger partial charge in [-0.25, -0.2) is 15.0 Å². The fourth-order valence-corrected chi connectivity index (χ4v) is 9.57. The van der Waals surface area contributed by atoms with Crippen LogP contribution in [0.1, 0.15) is 43.2 Å². The lowest BCUT2D eigenvalue weighted by Crippen LogP contribution is -2.37. The van der Waals surface area contributed by atoms with Gasteiger partial charge in [0.1, 0.15) is 0 Å². The van der Waals surface area contributed by atoms with Gasteiger partial charge in [0.05, 0.1) is 8.07 Å². The lowest BCUT2D eigenvalue weighted by Gasteiger charge is -2.36. The third kappa shape index (κ3) is 5.79. The molecule has 5 heteroatoms. The van der Waals surface area contributed by atoms with Crippen molar-refractivity contribution in [2.24, 2.45) is 0 Å². The number of aromatic nitrogens is 4. The zero-order valence-electron chi connectivity index (χ0n) is 30.1. The van der Waals surface area contributed by atoms with Crippen LogP contribution in [0.15, 0.2) is 140 Å². The van der Waals surface area contributed by atoms with Gasteiger partial charge in [-0.3, -0.25) is 4.98 Å². The van der Waals surface area contributed by atoms with E-state index in [9.17, 15) is 0 Å². The molecule has 0 saturated heterocycles. The van der Waals surface area contributed by atoms with Crippen molar-refractivity contribution in [3.8, 4) is 67.5 Å². The molecule has 2 heterocycles. The van der Waals surface area contributed by atoms with Crippen LogP contribution in [0.25, 0.3) is 67.5 Å². The quantitative estimate of drug-likeness (QED) is 0.163. The molecule has 2 aliphatic rings. The molecule has 5 aromatic carbocycles. The maximum Gasteiger partial charge on any atom is 0.164 e. The highest BCUT2D eigenvalue weighted by Crippen LogP contribution is 2.57. The average molecular weight is 691 g/mol. The molecule has 7 aromatic rings. The van der Waals surface area contributed by atoms with Gasteiger partial charge in [-0.05, 0) is 87.7 Å². The number of rotatable bonds is 6. The van der Waals surface area contributed by atoms with Gasteiger partial charge in [0.15, 0.2) is 17.5 Å². The molecule has 254 valence electrons. The highest BCUT2D eigenvalue weighted by atomic mass is 28.3. The minimum absolute atomic E-state index is 0.0447. The highest BCUT2D eigenvalue weighted by molar-refractivity contribution is 6.88. The molecule has 2 aliphatic carbocycles. The first-order valence-electron chi connectivity index (χ1n) is 18.6. The third-order valence-corrected chi connectivity index (χ3v) is 13.3. The van der Waals surface area contributed by atoms with Crippen LogP contribution >= 0.6 is 0 Å². The molecular formula is C47H42N4Si. The Balaban J connectivity index is 1.11. The van der Waals surface area contributed by atoms with Gasteiger partial charge >= 0.3 is 0 Å². The normalized spacial score (nSPS) is 14.6. The lowest BCUT2D eigenvalue weighted by molar-refractivity contribution is 0.353. The fourth-order valence-electron chi connectivity index (χ4n) is 8.40. The number of pyridine rings is 1. The maximum atomic E-state index is 5.00. The molecule has 2 aromatic heterocycles. The predicted molar refractivity (Wildman–Crippen MR) is 217 cm³/mol. The molecule has 0 bridgehead atoms. The van der Waals surface area contributed by atoms with Gasteiger partial charge in [-0.15, -0.1) is 0 Å². The van der Waals surface area contributed by atoms with E-state index in [0.29, 0.717) is 17.5 Å². The summed E-state index contributed by atoms with van der Waals surface area (Å²) in [6, 6.07) is 46.5. The van der Waals surface area contributed by atoms with Crippen molar-refractivity contribution < 1.29 is 0 Å². The van der Waals surface area contributed by atoms with E-state index >= 15 is 0 Å². The molecule has 0 radical (unpaired) electrons. The summed E-state index contributed by atoms with van der Waals surface area (Å²) in [5.74, 6) is 1.95. The van der Waals surface area contributed by atoms with E-state index in [0.717, 1.165) is 22.3 Å². The summed E-state index contributed by atoms with van der Waals surface area (Å²) in [6.07, 6.45) is 9.77. The molecule has 52 heavy (non-hydrogen) atoms. The molecule has 1 saturated carbocycles. The number of fused-ring (bicyclic) bond motifs is 5. The van der Waals surface area contributed by atoms with Crippen molar-refractivity contribution in [2.45, 2.75) is 57.2 Å². The fraction of sp³-hybridized carbons (Fsp3) is 0.191. The summed E-state index contributed by atoms with van der Waals surface area (Å²) in [5.41, 5.74) is 13.7. The van der Waals surface area contributed by atoms with E-state index in [1.54, 1.807) is 12.4 Å². The van der Waals surface area contributed by atoms with Gasteiger partial charge in [-0.2, -0.15) is 0 Å². The van der Waals surface area contributed by atoms with Crippen LogP contribution in [0.3, 0.4) is 0 Å². The van der Waals surface area contributed by atoms with E-state index in [-0.39, 0.29) is 5.41 Å². The molecule has 0 amide bonds. The summed E-state index contributed by atoms with van der Waals surface area (Å²) in [4.78, 5) is 19.1. The Labute approximate surface area is 307 Å². The zero-order chi connectivity index (χ0) is 35.3. The first-order valence-corrected chi connectivity index (χ1v) is 22.1. The van der Waals surface area contributed by atoms with Crippen LogP contribution in [0.2, 0.25) is 19.6 Å². The third-order valence-electron chi connectivity index (χ3n) is 11.2. The molecule has 0 atom stereocenters. The average Bonchev–Trinajstić information content (AvgIpc) is 3.45. The van der Waals surface area contributed by atoms with Crippen molar-refractivity contribution in [1.29, 1.82) is 0 Å². The van der Waals surface area contributed by atoms with Crippen molar-refractivity contribution in [1.82, 2.24) is 19.9 Å². The SMILES string of the molecule is C[Si](C)(C)c1ccc(-c2ccc3c(c2)C2(CCCCC2)c2cc(-c4cccc(-c5nc(-c6ccccc6)nc(-c6ccncc6)n5)c4)ccc2-3)cc1. The number of benzene rings is 5. The van der Waals surface area contributed by atoms with Gasteiger partial charge in [0.25, 0.3) is 0 Å². The zero-order valence-corrected chi connectivity index (χ0v) is 31.1. The molecule has 4 nitrogen and oxygen atoms in total. The van der Waals surface area contributed by atoms with Gasteiger partial charge in [0.2, 0.25) is 0 Å². The Hall–Kier alpha value is -5.52. The molecule has 9 rings (SSSR count). The Morgan fingerprint density at radius 1 is 0.442 bits per heavy atom. The molecule has 0 N–H and O–H groups in total. The smallest absolute Gasteiger partial charge is 0.164 e. The summed E-state index contributed by atoms with van der Waals surface area (Å²) in [7, 11) is -1.35. The Morgan fingerprint density at radius 3 is 1.56 bits per heavy atom. The summed E-state index contributed by atoms with van der Waals surface area (Å²) in [6.45, 7) is 7.25. The lowest BCUT2D eigenvalue weighted by atomic mass is 9.67. The Bertz CT molecular complexity index is 2350. The molecule has 1 spiro atoms. The maximum absolute atomic E-state index is 5.00. The van der Waals surface area contributed by atoms with Crippen LogP contribution < -0.4 is 5.19 Å². The molecule has 0 aliphatic heterocycles. The van der Waals surface area contributed by atoms with Crippen LogP contribution in [0.5, 0.6) is 0 Å². The second kappa shape index (κ2) is 12.9. The van der Waals surface area contributed by atoms with E-state index in [4.69, 9.17) is 15.0 Å². The van der Waals surface area contributed by atoms with Crippen LogP contribution in [-0.2, 0) is 5.41 Å². The summed E-state index contributed by atoms with van der Waals surface area (Å²) in [5, 5.41) is 1.51. The van der Waals surface area contributed by atoms with Crippen LogP contribution in [-0.4, -0.2) is 28.0 Å². The van der Waals surface area contributed by atoms with Gasteiger partial charge in [0, 0.05) is 34.5 Å². The highest BCUT2D eigenvalue weighted by Gasteiger charge is 2.44. The van der Waals surface area contributed by atoms with Crippen LogP contribution in [0.4, 0.5) is 0 Å². The van der Waals surface area contributed by atoms with E-state index < -0.39 is 8.07 Å². The van der Waals surface area contributed by atoms with Gasteiger partial charge in [-0.1, -0.05) is 141 Å². The summed E-state index contributed by atoms with van der Waals surface area (Å²) >= 11 is 0. The van der Waals surface area contributed by atoms with E-state index in [1.807, 2.05) is 42.5 Å².